The normalized spacial score (nSPS) is 11.2. The van der Waals surface area contributed by atoms with Crippen LogP contribution >= 0.6 is 24.0 Å². The Kier molecular flexibility index (Phi) is 10.4. The van der Waals surface area contributed by atoms with Crippen LogP contribution in [-0.2, 0) is 6.54 Å². The van der Waals surface area contributed by atoms with Crippen molar-refractivity contribution in [2.75, 3.05) is 13.1 Å². The first kappa shape index (κ1) is 19.1. The predicted octanol–water partition coefficient (Wildman–Crippen LogP) is 3.54. The zero-order valence-corrected chi connectivity index (χ0v) is 14.8. The standard InChI is InChI=1S/C15H24FN3.HI/c1-4-17-15(18-9-8-12(2)3)19-11-13-6-5-7-14(16)10-13;/h5-7,10,12H,4,8-9,11H2,1-3H3,(H2,17,18,19);1H. The molecule has 0 aliphatic carbocycles. The maximum Gasteiger partial charge on any atom is 0.191 e. The molecular formula is C15H25FIN3. The van der Waals surface area contributed by atoms with E-state index >= 15 is 0 Å². The van der Waals surface area contributed by atoms with Gasteiger partial charge in [-0.05, 0) is 37.0 Å². The van der Waals surface area contributed by atoms with Gasteiger partial charge in [-0.15, -0.1) is 24.0 Å². The van der Waals surface area contributed by atoms with E-state index in [0.29, 0.717) is 12.5 Å². The zero-order chi connectivity index (χ0) is 14.1. The first-order valence-corrected chi connectivity index (χ1v) is 6.88. The van der Waals surface area contributed by atoms with Gasteiger partial charge in [0.15, 0.2) is 5.96 Å². The number of aliphatic imine (C=N–C) groups is 1. The van der Waals surface area contributed by atoms with E-state index in [1.54, 1.807) is 6.07 Å². The Hall–Kier alpha value is -0.850. The summed E-state index contributed by atoms with van der Waals surface area (Å²) in [5.74, 6) is 1.23. The van der Waals surface area contributed by atoms with Crippen LogP contribution in [-0.4, -0.2) is 19.0 Å². The summed E-state index contributed by atoms with van der Waals surface area (Å²) in [7, 11) is 0. The van der Waals surface area contributed by atoms with Crippen molar-refractivity contribution in [3.8, 4) is 0 Å². The molecule has 1 aromatic carbocycles. The molecule has 0 bridgehead atoms. The van der Waals surface area contributed by atoms with Gasteiger partial charge in [0, 0.05) is 13.1 Å². The smallest absolute Gasteiger partial charge is 0.191 e. The molecule has 0 aliphatic rings. The van der Waals surface area contributed by atoms with E-state index in [1.807, 2.05) is 13.0 Å². The third-order valence-corrected chi connectivity index (χ3v) is 2.67. The highest BCUT2D eigenvalue weighted by Gasteiger charge is 1.99. The lowest BCUT2D eigenvalue weighted by molar-refractivity contribution is 0.573. The second-order valence-corrected chi connectivity index (χ2v) is 4.93. The molecule has 0 aliphatic heterocycles. The minimum Gasteiger partial charge on any atom is -0.357 e. The highest BCUT2D eigenvalue weighted by Crippen LogP contribution is 2.04. The van der Waals surface area contributed by atoms with E-state index in [-0.39, 0.29) is 29.8 Å². The van der Waals surface area contributed by atoms with Crippen LogP contribution in [0.15, 0.2) is 29.3 Å². The van der Waals surface area contributed by atoms with E-state index in [2.05, 4.69) is 29.5 Å². The molecule has 114 valence electrons. The monoisotopic (exact) mass is 393 g/mol. The highest BCUT2D eigenvalue weighted by atomic mass is 127. The molecule has 0 saturated carbocycles. The van der Waals surface area contributed by atoms with Gasteiger partial charge in [0.2, 0.25) is 0 Å². The van der Waals surface area contributed by atoms with Crippen molar-refractivity contribution in [3.63, 3.8) is 0 Å². The van der Waals surface area contributed by atoms with Crippen molar-refractivity contribution < 1.29 is 4.39 Å². The molecule has 0 unspecified atom stereocenters. The number of hydrogen-bond acceptors (Lipinski definition) is 1. The van der Waals surface area contributed by atoms with E-state index in [4.69, 9.17) is 0 Å². The van der Waals surface area contributed by atoms with Gasteiger partial charge in [0.1, 0.15) is 5.82 Å². The van der Waals surface area contributed by atoms with Gasteiger partial charge in [-0.3, -0.25) is 0 Å². The van der Waals surface area contributed by atoms with E-state index in [9.17, 15) is 4.39 Å². The molecule has 20 heavy (non-hydrogen) atoms. The van der Waals surface area contributed by atoms with Gasteiger partial charge in [0.05, 0.1) is 6.54 Å². The second-order valence-electron chi connectivity index (χ2n) is 4.93. The van der Waals surface area contributed by atoms with Crippen LogP contribution in [0.1, 0.15) is 32.8 Å². The summed E-state index contributed by atoms with van der Waals surface area (Å²) in [4.78, 5) is 4.45. The van der Waals surface area contributed by atoms with Gasteiger partial charge < -0.3 is 10.6 Å². The maximum absolute atomic E-state index is 13.1. The maximum atomic E-state index is 13.1. The fraction of sp³-hybridized carbons (Fsp3) is 0.533. The fourth-order valence-electron chi connectivity index (χ4n) is 1.63. The summed E-state index contributed by atoms with van der Waals surface area (Å²) in [6.07, 6.45) is 1.10. The molecule has 1 aromatic rings. The number of nitrogens with one attached hydrogen (secondary N) is 2. The average molecular weight is 393 g/mol. The van der Waals surface area contributed by atoms with Crippen LogP contribution in [0.2, 0.25) is 0 Å². The first-order valence-electron chi connectivity index (χ1n) is 6.88. The second kappa shape index (κ2) is 10.9. The van der Waals surface area contributed by atoms with Crippen LogP contribution in [0, 0.1) is 11.7 Å². The van der Waals surface area contributed by atoms with Crippen molar-refractivity contribution >= 4 is 29.9 Å². The van der Waals surface area contributed by atoms with Gasteiger partial charge >= 0.3 is 0 Å². The minimum atomic E-state index is -0.217. The Morgan fingerprint density at radius 2 is 2.05 bits per heavy atom. The lowest BCUT2D eigenvalue weighted by Crippen LogP contribution is -2.38. The van der Waals surface area contributed by atoms with Crippen molar-refractivity contribution in [2.45, 2.75) is 33.7 Å². The van der Waals surface area contributed by atoms with E-state index in [1.165, 1.54) is 12.1 Å². The summed E-state index contributed by atoms with van der Waals surface area (Å²) in [6, 6.07) is 6.55. The number of hydrogen-bond donors (Lipinski definition) is 2. The summed E-state index contributed by atoms with van der Waals surface area (Å²) in [5.41, 5.74) is 0.876. The van der Waals surface area contributed by atoms with Gasteiger partial charge in [-0.25, -0.2) is 9.38 Å². The van der Waals surface area contributed by atoms with Gasteiger partial charge in [-0.1, -0.05) is 26.0 Å². The summed E-state index contributed by atoms with van der Waals surface area (Å²) >= 11 is 0. The molecule has 0 aromatic heterocycles. The van der Waals surface area contributed by atoms with Crippen molar-refractivity contribution in [1.29, 1.82) is 0 Å². The van der Waals surface area contributed by atoms with E-state index < -0.39 is 0 Å². The molecule has 2 N–H and O–H groups in total. The predicted molar refractivity (Wildman–Crippen MR) is 94.1 cm³/mol. The lowest BCUT2D eigenvalue weighted by Gasteiger charge is -2.12. The summed E-state index contributed by atoms with van der Waals surface area (Å²) < 4.78 is 13.1. The number of rotatable bonds is 6. The zero-order valence-electron chi connectivity index (χ0n) is 12.4. The Balaban J connectivity index is 0.00000361. The minimum absolute atomic E-state index is 0. The third-order valence-electron chi connectivity index (χ3n) is 2.67. The summed E-state index contributed by atoms with van der Waals surface area (Å²) in [6.45, 7) is 8.61. The van der Waals surface area contributed by atoms with Crippen molar-refractivity contribution in [2.24, 2.45) is 10.9 Å². The van der Waals surface area contributed by atoms with Crippen LogP contribution in [0.25, 0.3) is 0 Å². The third kappa shape index (κ3) is 8.35. The van der Waals surface area contributed by atoms with Crippen LogP contribution < -0.4 is 10.6 Å². The number of halogens is 2. The Labute approximate surface area is 138 Å². The molecule has 1 rings (SSSR count). The quantitative estimate of drug-likeness (QED) is 0.441. The van der Waals surface area contributed by atoms with Crippen LogP contribution in [0.3, 0.4) is 0 Å². The molecule has 0 heterocycles. The van der Waals surface area contributed by atoms with E-state index in [0.717, 1.165) is 31.0 Å². The largest absolute Gasteiger partial charge is 0.357 e. The first-order chi connectivity index (χ1) is 9.11. The lowest BCUT2D eigenvalue weighted by atomic mass is 10.1. The number of benzene rings is 1. The van der Waals surface area contributed by atoms with Crippen molar-refractivity contribution in [1.82, 2.24) is 10.6 Å². The topological polar surface area (TPSA) is 36.4 Å². The molecule has 5 heteroatoms. The Morgan fingerprint density at radius 3 is 2.65 bits per heavy atom. The van der Waals surface area contributed by atoms with Gasteiger partial charge in [-0.2, -0.15) is 0 Å². The molecule has 0 spiro atoms. The van der Waals surface area contributed by atoms with Crippen molar-refractivity contribution in [3.05, 3.63) is 35.6 Å². The molecule has 0 radical (unpaired) electrons. The summed E-state index contributed by atoms with van der Waals surface area (Å²) in [5, 5.41) is 6.47. The Morgan fingerprint density at radius 1 is 1.30 bits per heavy atom. The number of guanidine groups is 1. The van der Waals surface area contributed by atoms with Crippen LogP contribution in [0.5, 0.6) is 0 Å². The number of nitrogens with zero attached hydrogens (tertiary/aromatic N) is 1. The molecule has 0 saturated heterocycles. The highest BCUT2D eigenvalue weighted by molar-refractivity contribution is 14.0. The molecular weight excluding hydrogens is 368 g/mol. The SMILES string of the molecule is CCNC(=NCc1cccc(F)c1)NCCC(C)C.I. The molecule has 3 nitrogen and oxygen atoms in total. The molecule has 0 fully saturated rings. The molecule has 0 atom stereocenters. The average Bonchev–Trinajstić information content (AvgIpc) is 2.35. The molecule has 0 amide bonds. The van der Waals surface area contributed by atoms with Crippen LogP contribution in [0.4, 0.5) is 4.39 Å². The van der Waals surface area contributed by atoms with Gasteiger partial charge in [0.25, 0.3) is 0 Å². The fourth-order valence-corrected chi connectivity index (χ4v) is 1.63. The Bertz CT molecular complexity index is 408.